The van der Waals surface area contributed by atoms with Gasteiger partial charge in [0.15, 0.2) is 6.61 Å². The van der Waals surface area contributed by atoms with Gasteiger partial charge in [0.25, 0.3) is 0 Å². The molecule has 0 aliphatic rings. The van der Waals surface area contributed by atoms with E-state index in [0.717, 1.165) is 4.47 Å². The summed E-state index contributed by atoms with van der Waals surface area (Å²) < 4.78 is 16.4. The Balaban J connectivity index is 2.15. The Morgan fingerprint density at radius 2 is 1.89 bits per heavy atom. The molecule has 5 heteroatoms. The highest BCUT2D eigenvalue weighted by molar-refractivity contribution is 9.10. The smallest absolute Gasteiger partial charge is 0.344 e. The van der Waals surface area contributed by atoms with Gasteiger partial charge in [0, 0.05) is 4.47 Å². The molecular weight excluding hydrogens is 300 g/mol. The van der Waals surface area contributed by atoms with E-state index >= 15 is 0 Å². The topological polar surface area (TPSA) is 44.8 Å². The van der Waals surface area contributed by atoms with Crippen molar-refractivity contribution < 1.29 is 19.0 Å². The minimum Gasteiger partial charge on any atom is -0.482 e. The molecule has 0 N–H and O–H groups in total. The molecule has 0 aliphatic carbocycles. The van der Waals surface area contributed by atoms with Gasteiger partial charge in [0.1, 0.15) is 12.4 Å². The fourth-order valence-corrected chi connectivity index (χ4v) is 1.42. The summed E-state index contributed by atoms with van der Waals surface area (Å²) in [7, 11) is 0. The molecule has 1 rings (SSSR count). The van der Waals surface area contributed by atoms with Crippen LogP contribution in [-0.4, -0.2) is 31.9 Å². The van der Waals surface area contributed by atoms with E-state index < -0.39 is 5.97 Å². The molecule has 18 heavy (non-hydrogen) atoms. The Morgan fingerprint density at radius 1 is 1.22 bits per heavy atom. The molecule has 0 heterocycles. The molecule has 0 aliphatic heterocycles. The van der Waals surface area contributed by atoms with Gasteiger partial charge in [0.05, 0.1) is 12.7 Å². The Labute approximate surface area is 115 Å². The number of carbonyl (C=O) groups is 1. The third kappa shape index (κ3) is 6.61. The lowest BCUT2D eigenvalue weighted by Crippen LogP contribution is -2.18. The van der Waals surface area contributed by atoms with E-state index in [-0.39, 0.29) is 19.3 Å². The highest BCUT2D eigenvalue weighted by atomic mass is 79.9. The van der Waals surface area contributed by atoms with Crippen molar-refractivity contribution in [3.8, 4) is 5.75 Å². The zero-order valence-electron chi connectivity index (χ0n) is 10.5. The molecule has 0 unspecified atom stereocenters. The van der Waals surface area contributed by atoms with Crippen molar-refractivity contribution in [3.63, 3.8) is 0 Å². The first kappa shape index (κ1) is 15.0. The van der Waals surface area contributed by atoms with Gasteiger partial charge in [-0.3, -0.25) is 0 Å². The second-order valence-corrected chi connectivity index (χ2v) is 4.80. The monoisotopic (exact) mass is 316 g/mol. The van der Waals surface area contributed by atoms with E-state index in [1.165, 1.54) is 0 Å². The van der Waals surface area contributed by atoms with Crippen molar-refractivity contribution in [3.05, 3.63) is 28.7 Å². The van der Waals surface area contributed by atoms with E-state index in [1.807, 2.05) is 26.0 Å². The van der Waals surface area contributed by atoms with Gasteiger partial charge in [-0.25, -0.2) is 4.79 Å². The predicted molar refractivity (Wildman–Crippen MR) is 71.7 cm³/mol. The zero-order valence-corrected chi connectivity index (χ0v) is 12.1. The summed E-state index contributed by atoms with van der Waals surface area (Å²) in [6.45, 7) is 4.42. The Morgan fingerprint density at radius 3 is 2.50 bits per heavy atom. The first-order valence-electron chi connectivity index (χ1n) is 5.73. The molecule has 0 saturated heterocycles. The van der Waals surface area contributed by atoms with Crippen LogP contribution in [0.4, 0.5) is 0 Å². The van der Waals surface area contributed by atoms with Crippen molar-refractivity contribution in [1.29, 1.82) is 0 Å². The van der Waals surface area contributed by atoms with Gasteiger partial charge in [-0.05, 0) is 38.1 Å². The van der Waals surface area contributed by atoms with Gasteiger partial charge in [-0.15, -0.1) is 0 Å². The van der Waals surface area contributed by atoms with Crippen LogP contribution in [-0.2, 0) is 14.3 Å². The van der Waals surface area contributed by atoms with Crippen LogP contribution >= 0.6 is 15.9 Å². The summed E-state index contributed by atoms with van der Waals surface area (Å²) in [5, 5.41) is 0. The van der Waals surface area contributed by atoms with E-state index in [9.17, 15) is 4.79 Å². The van der Waals surface area contributed by atoms with Crippen molar-refractivity contribution in [2.24, 2.45) is 0 Å². The summed E-state index contributed by atoms with van der Waals surface area (Å²) in [5.74, 6) is 0.235. The maximum absolute atomic E-state index is 11.3. The van der Waals surface area contributed by atoms with E-state index in [2.05, 4.69) is 15.9 Å². The summed E-state index contributed by atoms with van der Waals surface area (Å²) in [6.07, 6.45) is 0.141. The molecule has 1 aromatic carbocycles. The molecule has 1 aromatic rings. The highest BCUT2D eigenvalue weighted by Gasteiger charge is 2.04. The molecule has 0 aromatic heterocycles. The molecule has 0 amide bonds. The maximum atomic E-state index is 11.3. The standard InChI is InChI=1S/C13H17BrO4/c1-10(2)16-7-8-17-13(15)9-18-12-5-3-11(14)4-6-12/h3-6,10H,7-9H2,1-2H3. The van der Waals surface area contributed by atoms with Crippen molar-refractivity contribution in [2.45, 2.75) is 20.0 Å². The molecule has 0 atom stereocenters. The lowest BCUT2D eigenvalue weighted by molar-refractivity contribution is -0.148. The number of esters is 1. The van der Waals surface area contributed by atoms with Crippen LogP contribution in [0, 0.1) is 0 Å². The number of ether oxygens (including phenoxy) is 3. The maximum Gasteiger partial charge on any atom is 0.344 e. The molecule has 100 valence electrons. The molecule has 0 fully saturated rings. The van der Waals surface area contributed by atoms with Crippen LogP contribution in [0.25, 0.3) is 0 Å². The average Bonchev–Trinajstić information content (AvgIpc) is 2.34. The van der Waals surface area contributed by atoms with Crippen LogP contribution in [0.5, 0.6) is 5.75 Å². The number of benzene rings is 1. The third-order valence-electron chi connectivity index (χ3n) is 1.97. The summed E-state index contributed by atoms with van der Waals surface area (Å²) in [5.41, 5.74) is 0. The van der Waals surface area contributed by atoms with Gasteiger partial charge >= 0.3 is 5.97 Å². The van der Waals surface area contributed by atoms with E-state index in [1.54, 1.807) is 12.1 Å². The Bertz CT molecular complexity index is 362. The van der Waals surface area contributed by atoms with E-state index in [0.29, 0.717) is 12.4 Å². The predicted octanol–water partition coefficient (Wildman–Crippen LogP) is 2.80. The van der Waals surface area contributed by atoms with Crippen molar-refractivity contribution in [1.82, 2.24) is 0 Å². The second kappa shape index (κ2) is 8.11. The van der Waals surface area contributed by atoms with Crippen molar-refractivity contribution in [2.75, 3.05) is 19.8 Å². The average molecular weight is 317 g/mol. The number of carbonyl (C=O) groups excluding carboxylic acids is 1. The largest absolute Gasteiger partial charge is 0.482 e. The fraction of sp³-hybridized carbons (Fsp3) is 0.462. The molecule has 0 spiro atoms. The van der Waals surface area contributed by atoms with Crippen LogP contribution in [0.1, 0.15) is 13.8 Å². The fourth-order valence-electron chi connectivity index (χ4n) is 1.15. The zero-order chi connectivity index (χ0) is 13.4. The first-order valence-corrected chi connectivity index (χ1v) is 6.53. The van der Waals surface area contributed by atoms with Gasteiger partial charge < -0.3 is 14.2 Å². The highest BCUT2D eigenvalue weighted by Crippen LogP contribution is 2.15. The molecule has 0 bridgehead atoms. The molecule has 0 radical (unpaired) electrons. The quantitative estimate of drug-likeness (QED) is 0.573. The van der Waals surface area contributed by atoms with Gasteiger partial charge in [-0.2, -0.15) is 0 Å². The third-order valence-corrected chi connectivity index (χ3v) is 2.50. The number of hydrogen-bond donors (Lipinski definition) is 0. The normalized spacial score (nSPS) is 10.4. The summed E-state index contributed by atoms with van der Waals surface area (Å²) >= 11 is 3.32. The number of rotatable bonds is 7. The van der Waals surface area contributed by atoms with Crippen LogP contribution in [0.3, 0.4) is 0 Å². The SMILES string of the molecule is CC(C)OCCOC(=O)COc1ccc(Br)cc1. The van der Waals surface area contributed by atoms with Crippen LogP contribution < -0.4 is 4.74 Å². The lowest BCUT2D eigenvalue weighted by atomic mass is 10.3. The van der Waals surface area contributed by atoms with Crippen LogP contribution in [0.15, 0.2) is 28.7 Å². The Kier molecular flexibility index (Phi) is 6.75. The minimum absolute atomic E-state index is 0.0939. The van der Waals surface area contributed by atoms with Gasteiger partial charge in [-0.1, -0.05) is 15.9 Å². The minimum atomic E-state index is -0.398. The summed E-state index contributed by atoms with van der Waals surface area (Å²) in [4.78, 5) is 11.3. The second-order valence-electron chi connectivity index (χ2n) is 3.88. The summed E-state index contributed by atoms with van der Waals surface area (Å²) in [6, 6.07) is 7.24. The number of hydrogen-bond acceptors (Lipinski definition) is 4. The molecular formula is C13H17BrO4. The van der Waals surface area contributed by atoms with Crippen LogP contribution in [0.2, 0.25) is 0 Å². The Hall–Kier alpha value is -1.07. The molecule has 4 nitrogen and oxygen atoms in total. The van der Waals surface area contributed by atoms with E-state index in [4.69, 9.17) is 14.2 Å². The number of halogens is 1. The molecule has 0 saturated carbocycles. The first-order chi connectivity index (χ1) is 8.58. The van der Waals surface area contributed by atoms with Gasteiger partial charge in [0.2, 0.25) is 0 Å². The van der Waals surface area contributed by atoms with Crippen molar-refractivity contribution >= 4 is 21.9 Å². The lowest BCUT2D eigenvalue weighted by Gasteiger charge is -2.09.